The summed E-state index contributed by atoms with van der Waals surface area (Å²) in [7, 11) is 1.35. The molecule has 0 bridgehead atoms. The normalized spacial score (nSPS) is 40.6. The van der Waals surface area contributed by atoms with Gasteiger partial charge in [-0.1, -0.05) is 12.2 Å². The Balaban J connectivity index is 2.35. The highest BCUT2D eigenvalue weighted by Crippen LogP contribution is 2.45. The minimum absolute atomic E-state index is 0.219. The van der Waals surface area contributed by atoms with Crippen LogP contribution in [0.1, 0.15) is 19.8 Å². The van der Waals surface area contributed by atoms with E-state index in [0.29, 0.717) is 13.0 Å². The first-order valence-electron chi connectivity index (χ1n) is 5.17. The van der Waals surface area contributed by atoms with Gasteiger partial charge in [-0.2, -0.15) is 0 Å². The van der Waals surface area contributed by atoms with Crippen LogP contribution in [0, 0.1) is 0 Å². The number of nitrogens with zero attached hydrogens (tertiary/aromatic N) is 1. The van der Waals surface area contributed by atoms with Crippen molar-refractivity contribution in [1.29, 1.82) is 0 Å². The standard InChI is InChI=1S/C11H16FNO2/c1-7-4-11(10(14)15-3)5-9(12)8(2)13(11)6-7/h8-9H,1,4-6H2,2-3H3. The zero-order valence-electron chi connectivity index (χ0n) is 9.12. The van der Waals surface area contributed by atoms with E-state index in [2.05, 4.69) is 6.58 Å². The molecule has 0 spiro atoms. The third-order valence-corrected chi connectivity index (χ3v) is 3.60. The Kier molecular flexibility index (Phi) is 2.34. The molecular formula is C11H16FNO2. The van der Waals surface area contributed by atoms with Crippen LogP contribution in [-0.4, -0.2) is 42.3 Å². The van der Waals surface area contributed by atoms with E-state index in [0.717, 1.165) is 5.57 Å². The predicted octanol–water partition coefficient (Wildman–Crippen LogP) is 1.29. The minimum atomic E-state index is -0.947. The van der Waals surface area contributed by atoms with Crippen molar-refractivity contribution in [2.45, 2.75) is 37.5 Å². The minimum Gasteiger partial charge on any atom is -0.468 e. The molecular weight excluding hydrogens is 197 g/mol. The fourth-order valence-electron chi connectivity index (χ4n) is 2.84. The summed E-state index contributed by atoms with van der Waals surface area (Å²) < 4.78 is 18.4. The molecule has 3 unspecified atom stereocenters. The Morgan fingerprint density at radius 2 is 2.40 bits per heavy atom. The lowest BCUT2D eigenvalue weighted by molar-refractivity contribution is -0.152. The van der Waals surface area contributed by atoms with Gasteiger partial charge in [0.25, 0.3) is 0 Å². The largest absolute Gasteiger partial charge is 0.468 e. The van der Waals surface area contributed by atoms with Gasteiger partial charge >= 0.3 is 5.97 Å². The van der Waals surface area contributed by atoms with Gasteiger partial charge in [0, 0.05) is 19.0 Å². The Hall–Kier alpha value is -0.900. The van der Waals surface area contributed by atoms with E-state index >= 15 is 0 Å². The van der Waals surface area contributed by atoms with Crippen LogP contribution in [0.4, 0.5) is 4.39 Å². The lowest BCUT2D eigenvalue weighted by Crippen LogP contribution is -2.48. The van der Waals surface area contributed by atoms with Gasteiger partial charge in [-0.25, -0.2) is 4.39 Å². The molecule has 0 aliphatic carbocycles. The van der Waals surface area contributed by atoms with E-state index in [-0.39, 0.29) is 18.4 Å². The number of alkyl halides is 1. The molecule has 4 heteroatoms. The number of halogens is 1. The highest BCUT2D eigenvalue weighted by atomic mass is 19.1. The molecule has 0 saturated carbocycles. The van der Waals surface area contributed by atoms with Crippen LogP contribution in [0.2, 0.25) is 0 Å². The van der Waals surface area contributed by atoms with Crippen LogP contribution < -0.4 is 0 Å². The average Bonchev–Trinajstić information content (AvgIpc) is 2.63. The van der Waals surface area contributed by atoms with E-state index in [1.54, 1.807) is 0 Å². The maximum absolute atomic E-state index is 13.6. The molecule has 0 radical (unpaired) electrons. The van der Waals surface area contributed by atoms with E-state index < -0.39 is 11.7 Å². The molecule has 2 fully saturated rings. The highest BCUT2D eigenvalue weighted by Gasteiger charge is 2.59. The predicted molar refractivity (Wildman–Crippen MR) is 54.2 cm³/mol. The van der Waals surface area contributed by atoms with Crippen LogP contribution in [0.3, 0.4) is 0 Å². The second-order valence-corrected chi connectivity index (χ2v) is 4.54. The van der Waals surface area contributed by atoms with Crippen LogP contribution >= 0.6 is 0 Å². The Morgan fingerprint density at radius 3 is 3.00 bits per heavy atom. The van der Waals surface area contributed by atoms with Gasteiger partial charge in [0.1, 0.15) is 11.7 Å². The van der Waals surface area contributed by atoms with Crippen molar-refractivity contribution in [2.24, 2.45) is 0 Å². The highest BCUT2D eigenvalue weighted by molar-refractivity contribution is 5.83. The van der Waals surface area contributed by atoms with E-state index in [1.807, 2.05) is 11.8 Å². The summed E-state index contributed by atoms with van der Waals surface area (Å²) >= 11 is 0. The van der Waals surface area contributed by atoms with Crippen molar-refractivity contribution in [3.8, 4) is 0 Å². The molecule has 2 aliphatic rings. The summed E-state index contributed by atoms with van der Waals surface area (Å²) in [5.41, 5.74) is 0.212. The number of hydrogen-bond donors (Lipinski definition) is 0. The van der Waals surface area contributed by atoms with Crippen LogP contribution in [0.15, 0.2) is 12.2 Å². The van der Waals surface area contributed by atoms with Crippen LogP contribution in [0.5, 0.6) is 0 Å². The molecule has 84 valence electrons. The van der Waals surface area contributed by atoms with E-state index in [9.17, 15) is 9.18 Å². The van der Waals surface area contributed by atoms with Crippen molar-refractivity contribution in [1.82, 2.24) is 4.90 Å². The molecule has 2 saturated heterocycles. The van der Waals surface area contributed by atoms with Crippen molar-refractivity contribution in [3.63, 3.8) is 0 Å². The summed E-state index contributed by atoms with van der Waals surface area (Å²) in [5, 5.41) is 0. The molecule has 0 aromatic rings. The van der Waals surface area contributed by atoms with Gasteiger partial charge in [0.05, 0.1) is 7.11 Å². The fourth-order valence-corrected chi connectivity index (χ4v) is 2.84. The number of hydrogen-bond acceptors (Lipinski definition) is 3. The average molecular weight is 213 g/mol. The molecule has 0 N–H and O–H groups in total. The number of esters is 1. The second-order valence-electron chi connectivity index (χ2n) is 4.54. The second kappa shape index (κ2) is 3.30. The molecule has 2 aliphatic heterocycles. The zero-order valence-corrected chi connectivity index (χ0v) is 9.12. The number of fused-ring (bicyclic) bond motifs is 1. The third kappa shape index (κ3) is 1.31. The lowest BCUT2D eigenvalue weighted by atomic mass is 9.92. The Labute approximate surface area is 88.9 Å². The third-order valence-electron chi connectivity index (χ3n) is 3.60. The first-order valence-corrected chi connectivity index (χ1v) is 5.17. The number of carbonyl (C=O) groups excluding carboxylic acids is 1. The Bertz CT molecular complexity index is 318. The summed E-state index contributed by atoms with van der Waals surface area (Å²) in [4.78, 5) is 13.7. The van der Waals surface area contributed by atoms with Gasteiger partial charge in [0.15, 0.2) is 0 Å². The molecule has 0 aromatic heterocycles. The molecule has 2 heterocycles. The molecule has 0 aromatic carbocycles. The van der Waals surface area contributed by atoms with Crippen molar-refractivity contribution in [3.05, 3.63) is 12.2 Å². The molecule has 3 nitrogen and oxygen atoms in total. The molecule has 3 atom stereocenters. The summed E-state index contributed by atoms with van der Waals surface area (Å²) in [6.07, 6.45) is -0.179. The van der Waals surface area contributed by atoms with Gasteiger partial charge in [0.2, 0.25) is 0 Å². The quantitative estimate of drug-likeness (QED) is 0.485. The monoisotopic (exact) mass is 213 g/mol. The van der Waals surface area contributed by atoms with Gasteiger partial charge in [-0.15, -0.1) is 0 Å². The topological polar surface area (TPSA) is 29.5 Å². The van der Waals surface area contributed by atoms with Crippen molar-refractivity contribution < 1.29 is 13.9 Å². The van der Waals surface area contributed by atoms with Crippen molar-refractivity contribution in [2.75, 3.05) is 13.7 Å². The van der Waals surface area contributed by atoms with E-state index in [4.69, 9.17) is 4.74 Å². The first-order chi connectivity index (χ1) is 7.01. The number of methoxy groups -OCH3 is 1. The summed E-state index contributed by atoms with van der Waals surface area (Å²) in [5.74, 6) is -0.326. The van der Waals surface area contributed by atoms with Crippen LogP contribution in [-0.2, 0) is 9.53 Å². The molecule has 15 heavy (non-hydrogen) atoms. The smallest absolute Gasteiger partial charge is 0.326 e. The van der Waals surface area contributed by atoms with E-state index in [1.165, 1.54) is 7.11 Å². The molecule has 0 amide bonds. The maximum atomic E-state index is 13.6. The lowest BCUT2D eigenvalue weighted by Gasteiger charge is -2.29. The number of ether oxygens (including phenoxy) is 1. The first kappa shape index (κ1) is 10.6. The van der Waals surface area contributed by atoms with Gasteiger partial charge < -0.3 is 4.74 Å². The Morgan fingerprint density at radius 1 is 1.73 bits per heavy atom. The molecule has 2 rings (SSSR count). The zero-order chi connectivity index (χ0) is 11.2. The van der Waals surface area contributed by atoms with Crippen molar-refractivity contribution >= 4 is 5.97 Å². The summed E-state index contributed by atoms with van der Waals surface area (Å²) in [6.45, 7) is 6.31. The van der Waals surface area contributed by atoms with Gasteiger partial charge in [-0.05, 0) is 13.3 Å². The number of rotatable bonds is 1. The SMILES string of the molecule is C=C1CN2C(C)C(F)CC2(C(=O)OC)C1. The maximum Gasteiger partial charge on any atom is 0.326 e. The van der Waals surface area contributed by atoms with Gasteiger partial charge in [-0.3, -0.25) is 9.69 Å². The van der Waals surface area contributed by atoms with Crippen LogP contribution in [0.25, 0.3) is 0 Å². The fraction of sp³-hybridized carbons (Fsp3) is 0.727. The summed E-state index contributed by atoms with van der Waals surface area (Å²) in [6, 6.07) is -0.219. The number of carbonyl (C=O) groups is 1.